The van der Waals surface area contributed by atoms with Crippen molar-refractivity contribution in [3.05, 3.63) is 0 Å². The predicted molar refractivity (Wildman–Crippen MR) is 41.0 cm³/mol. The summed E-state index contributed by atoms with van der Waals surface area (Å²) in [7, 11) is 3.25. The lowest BCUT2D eigenvalue weighted by Gasteiger charge is -1.70. The molecule has 0 bridgehead atoms. The first-order valence-corrected chi connectivity index (χ1v) is 3.45. The molecule has 1 fully saturated rings. The van der Waals surface area contributed by atoms with Crippen molar-refractivity contribution in [2.75, 3.05) is 27.4 Å². The van der Waals surface area contributed by atoms with Gasteiger partial charge in [0.1, 0.15) is 0 Å². The summed E-state index contributed by atoms with van der Waals surface area (Å²) in [4.78, 5) is 0. The SMILES string of the molecule is C1CC1.COC.OCCO. The molecule has 0 heterocycles. The smallest absolute Gasteiger partial charge is 0.0662 e. The number of hydrogen-bond donors (Lipinski definition) is 2. The van der Waals surface area contributed by atoms with Gasteiger partial charge in [-0.1, -0.05) is 19.3 Å². The summed E-state index contributed by atoms with van der Waals surface area (Å²) in [5.74, 6) is 0. The quantitative estimate of drug-likeness (QED) is 0.569. The summed E-state index contributed by atoms with van der Waals surface area (Å²) in [6.07, 6.45) is 4.50. The average Bonchev–Trinajstić information content (AvgIpc) is 2.73. The topological polar surface area (TPSA) is 49.7 Å². The minimum absolute atomic E-state index is 0.125. The van der Waals surface area contributed by atoms with Gasteiger partial charge >= 0.3 is 0 Å². The zero-order chi connectivity index (χ0) is 8.24. The van der Waals surface area contributed by atoms with E-state index in [4.69, 9.17) is 10.2 Å². The molecule has 0 saturated heterocycles. The molecular weight excluding hydrogens is 132 g/mol. The van der Waals surface area contributed by atoms with Crippen LogP contribution in [0.4, 0.5) is 0 Å². The molecule has 0 aromatic heterocycles. The first kappa shape index (κ1) is 12.5. The summed E-state index contributed by atoms with van der Waals surface area (Å²) in [6.45, 7) is -0.250. The van der Waals surface area contributed by atoms with E-state index >= 15 is 0 Å². The van der Waals surface area contributed by atoms with Gasteiger partial charge in [-0.2, -0.15) is 0 Å². The van der Waals surface area contributed by atoms with E-state index in [1.807, 2.05) is 0 Å². The molecular formula is C7H18O3. The standard InChI is InChI=1S/C3H6.C2H6O2.C2H6O/c1-2-3-1;3-1-2-4;1-3-2/h1-3H2;3-4H,1-2H2;1-2H3. The normalized spacial score (nSPS) is 12.0. The second-order valence-corrected chi connectivity index (χ2v) is 1.92. The van der Waals surface area contributed by atoms with Crippen LogP contribution < -0.4 is 0 Å². The Morgan fingerprint density at radius 1 is 1.00 bits per heavy atom. The van der Waals surface area contributed by atoms with Crippen LogP contribution in [0.15, 0.2) is 0 Å². The lowest BCUT2D eigenvalue weighted by Crippen LogP contribution is -1.85. The van der Waals surface area contributed by atoms with Crippen molar-refractivity contribution in [2.24, 2.45) is 0 Å². The molecule has 3 heteroatoms. The highest BCUT2D eigenvalue weighted by molar-refractivity contribution is 4.50. The fraction of sp³-hybridized carbons (Fsp3) is 1.00. The molecule has 1 aliphatic rings. The van der Waals surface area contributed by atoms with Gasteiger partial charge in [-0.3, -0.25) is 0 Å². The van der Waals surface area contributed by atoms with Crippen molar-refractivity contribution in [1.29, 1.82) is 0 Å². The third kappa shape index (κ3) is 106. The van der Waals surface area contributed by atoms with Gasteiger partial charge < -0.3 is 14.9 Å². The lowest BCUT2D eigenvalue weighted by molar-refractivity contribution is 0.186. The first-order valence-electron chi connectivity index (χ1n) is 3.45. The Labute approximate surface area is 62.6 Å². The van der Waals surface area contributed by atoms with E-state index in [1.165, 1.54) is 19.3 Å². The van der Waals surface area contributed by atoms with Crippen LogP contribution in [-0.2, 0) is 4.74 Å². The van der Waals surface area contributed by atoms with Crippen LogP contribution in [0.1, 0.15) is 19.3 Å². The van der Waals surface area contributed by atoms with E-state index in [-0.39, 0.29) is 13.2 Å². The van der Waals surface area contributed by atoms with Crippen molar-refractivity contribution in [1.82, 2.24) is 0 Å². The molecule has 0 spiro atoms. The van der Waals surface area contributed by atoms with Crippen molar-refractivity contribution in [3.63, 3.8) is 0 Å². The van der Waals surface area contributed by atoms with Gasteiger partial charge in [0.2, 0.25) is 0 Å². The van der Waals surface area contributed by atoms with Crippen LogP contribution in [0.2, 0.25) is 0 Å². The molecule has 2 N–H and O–H groups in total. The van der Waals surface area contributed by atoms with Crippen LogP contribution in [0, 0.1) is 0 Å². The zero-order valence-corrected chi connectivity index (χ0v) is 6.84. The molecule has 0 amide bonds. The van der Waals surface area contributed by atoms with E-state index < -0.39 is 0 Å². The van der Waals surface area contributed by atoms with Crippen LogP contribution in [0.3, 0.4) is 0 Å². The fourth-order valence-electron chi connectivity index (χ4n) is 0. The summed E-state index contributed by atoms with van der Waals surface area (Å²) >= 11 is 0. The molecule has 64 valence electrons. The molecule has 1 saturated carbocycles. The second-order valence-electron chi connectivity index (χ2n) is 1.92. The predicted octanol–water partition coefficient (Wildman–Crippen LogP) is 0.404. The summed E-state index contributed by atoms with van der Waals surface area (Å²) in [5.41, 5.74) is 0. The molecule has 0 unspecified atom stereocenters. The maximum absolute atomic E-state index is 7.62. The van der Waals surface area contributed by atoms with Crippen molar-refractivity contribution in [2.45, 2.75) is 19.3 Å². The number of rotatable bonds is 1. The third-order valence-electron chi connectivity index (χ3n) is 0.454. The fourth-order valence-corrected chi connectivity index (χ4v) is 0. The summed E-state index contributed by atoms with van der Waals surface area (Å²) in [5, 5.41) is 15.2. The van der Waals surface area contributed by atoms with E-state index in [0.717, 1.165) is 0 Å². The Hall–Kier alpha value is -0.120. The maximum Gasteiger partial charge on any atom is 0.0662 e. The van der Waals surface area contributed by atoms with E-state index in [2.05, 4.69) is 4.74 Å². The van der Waals surface area contributed by atoms with E-state index in [9.17, 15) is 0 Å². The lowest BCUT2D eigenvalue weighted by atomic mass is 10.8. The van der Waals surface area contributed by atoms with E-state index in [0.29, 0.717) is 0 Å². The van der Waals surface area contributed by atoms with Crippen molar-refractivity contribution < 1.29 is 14.9 Å². The summed E-state index contributed by atoms with van der Waals surface area (Å²) in [6, 6.07) is 0. The molecule has 1 rings (SSSR count). The second kappa shape index (κ2) is 15.9. The van der Waals surface area contributed by atoms with Gasteiger partial charge in [-0.05, 0) is 0 Å². The van der Waals surface area contributed by atoms with E-state index in [1.54, 1.807) is 14.2 Å². The van der Waals surface area contributed by atoms with Crippen LogP contribution in [0.25, 0.3) is 0 Å². The molecule has 0 aliphatic heterocycles. The molecule has 0 aromatic carbocycles. The van der Waals surface area contributed by atoms with Gasteiger partial charge in [0.15, 0.2) is 0 Å². The minimum Gasteiger partial charge on any atom is -0.394 e. The zero-order valence-electron chi connectivity index (χ0n) is 6.84. The van der Waals surface area contributed by atoms with Crippen molar-refractivity contribution >= 4 is 0 Å². The van der Waals surface area contributed by atoms with Gasteiger partial charge in [-0.25, -0.2) is 0 Å². The first-order chi connectivity index (χ1) is 4.83. The summed E-state index contributed by atoms with van der Waals surface area (Å²) < 4.78 is 4.25. The highest BCUT2D eigenvalue weighted by Crippen LogP contribution is 2.14. The van der Waals surface area contributed by atoms with Crippen LogP contribution >= 0.6 is 0 Å². The van der Waals surface area contributed by atoms with Crippen LogP contribution in [-0.4, -0.2) is 37.6 Å². The van der Waals surface area contributed by atoms with Gasteiger partial charge in [0.05, 0.1) is 13.2 Å². The maximum atomic E-state index is 7.62. The van der Waals surface area contributed by atoms with Gasteiger partial charge in [-0.15, -0.1) is 0 Å². The number of aliphatic hydroxyl groups is 2. The number of hydrogen-bond acceptors (Lipinski definition) is 3. The Morgan fingerprint density at radius 3 is 1.20 bits per heavy atom. The number of ether oxygens (including phenoxy) is 1. The molecule has 1 aliphatic carbocycles. The number of methoxy groups -OCH3 is 1. The van der Waals surface area contributed by atoms with Crippen LogP contribution in [0.5, 0.6) is 0 Å². The van der Waals surface area contributed by atoms with Gasteiger partial charge in [0, 0.05) is 14.2 Å². The molecule has 0 aromatic rings. The Balaban J connectivity index is 0. The monoisotopic (exact) mass is 150 g/mol. The Kier molecular flexibility index (Phi) is 20.0. The molecule has 10 heavy (non-hydrogen) atoms. The Morgan fingerprint density at radius 2 is 1.20 bits per heavy atom. The molecule has 3 nitrogen and oxygen atoms in total. The van der Waals surface area contributed by atoms with Gasteiger partial charge in [0.25, 0.3) is 0 Å². The minimum atomic E-state index is -0.125. The Bertz CT molecular complexity index is 33.1. The molecule has 0 atom stereocenters. The average molecular weight is 150 g/mol. The van der Waals surface area contributed by atoms with Crippen molar-refractivity contribution in [3.8, 4) is 0 Å². The number of aliphatic hydroxyl groups excluding tert-OH is 2. The highest BCUT2D eigenvalue weighted by Gasteiger charge is 1.95. The third-order valence-corrected chi connectivity index (χ3v) is 0.454. The highest BCUT2D eigenvalue weighted by atomic mass is 16.4. The largest absolute Gasteiger partial charge is 0.394 e. The molecule has 0 radical (unpaired) electrons.